The molecule has 0 fully saturated rings. The van der Waals surface area contributed by atoms with Gasteiger partial charge in [-0.2, -0.15) is 0 Å². The molecule has 76 valence electrons. The molecule has 14 heavy (non-hydrogen) atoms. The third-order valence-electron chi connectivity index (χ3n) is 1.99. The number of rotatable bonds is 3. The van der Waals surface area contributed by atoms with E-state index >= 15 is 0 Å². The Morgan fingerprint density at radius 1 is 1.57 bits per heavy atom. The molecule has 2 N–H and O–H groups in total. The van der Waals surface area contributed by atoms with Crippen molar-refractivity contribution in [1.29, 1.82) is 0 Å². The van der Waals surface area contributed by atoms with Crippen molar-refractivity contribution < 1.29 is 19.4 Å². The molecule has 1 unspecified atom stereocenters. The van der Waals surface area contributed by atoms with Crippen LogP contribution in [0.2, 0.25) is 0 Å². The predicted octanol–water partition coefficient (Wildman–Crippen LogP) is 1.97. The second-order valence-electron chi connectivity index (χ2n) is 2.97. The zero-order chi connectivity index (χ0) is 10.7. The molecule has 0 saturated carbocycles. The minimum Gasteiger partial charge on any atom is -0.478 e. The Morgan fingerprint density at radius 3 is 2.64 bits per heavy atom. The van der Waals surface area contributed by atoms with Crippen molar-refractivity contribution in [2.75, 3.05) is 0 Å². The van der Waals surface area contributed by atoms with Gasteiger partial charge in [0.05, 0.1) is 11.7 Å². The molecular weight excluding hydrogens is 187 g/mol. The van der Waals surface area contributed by atoms with E-state index in [1.54, 1.807) is 6.92 Å². The van der Waals surface area contributed by atoms with Gasteiger partial charge in [0.15, 0.2) is 0 Å². The summed E-state index contributed by atoms with van der Waals surface area (Å²) in [4.78, 5) is 10.5. The molecule has 0 aliphatic carbocycles. The number of aliphatic hydroxyl groups excluding tert-OH is 1. The molecule has 1 aromatic carbocycles. The topological polar surface area (TPSA) is 57.5 Å². The van der Waals surface area contributed by atoms with Crippen molar-refractivity contribution >= 4 is 5.97 Å². The average Bonchev–Trinajstić information content (AvgIpc) is 2.16. The molecule has 0 aliphatic rings. The fraction of sp³-hybridized carbons (Fsp3) is 0.300. The van der Waals surface area contributed by atoms with E-state index in [-0.39, 0.29) is 11.1 Å². The highest BCUT2D eigenvalue weighted by molar-refractivity contribution is 5.87. The van der Waals surface area contributed by atoms with Gasteiger partial charge in [-0.25, -0.2) is 9.18 Å². The SMILES string of the molecule is CCC(O)c1ccc(C(=O)O)cc1F. The Morgan fingerprint density at radius 2 is 2.21 bits per heavy atom. The van der Waals surface area contributed by atoms with Gasteiger partial charge in [0.2, 0.25) is 0 Å². The summed E-state index contributed by atoms with van der Waals surface area (Å²) in [6, 6.07) is 3.49. The molecule has 1 aromatic rings. The van der Waals surface area contributed by atoms with Crippen LogP contribution in [0, 0.1) is 5.82 Å². The maximum absolute atomic E-state index is 13.2. The lowest BCUT2D eigenvalue weighted by Gasteiger charge is -2.09. The maximum Gasteiger partial charge on any atom is 0.335 e. The first kappa shape index (κ1) is 10.7. The molecule has 4 heteroatoms. The average molecular weight is 198 g/mol. The van der Waals surface area contributed by atoms with Gasteiger partial charge in [0.1, 0.15) is 5.82 Å². The van der Waals surface area contributed by atoms with Crippen LogP contribution < -0.4 is 0 Å². The number of aliphatic hydroxyl groups is 1. The number of carboxylic acid groups (broad SMARTS) is 1. The number of hydrogen-bond acceptors (Lipinski definition) is 2. The Balaban J connectivity index is 3.07. The monoisotopic (exact) mass is 198 g/mol. The number of hydrogen-bond donors (Lipinski definition) is 2. The van der Waals surface area contributed by atoms with Crippen molar-refractivity contribution in [3.63, 3.8) is 0 Å². The summed E-state index contributed by atoms with van der Waals surface area (Å²) in [7, 11) is 0. The number of carboxylic acids is 1. The molecule has 3 nitrogen and oxygen atoms in total. The van der Waals surface area contributed by atoms with Crippen molar-refractivity contribution in [2.45, 2.75) is 19.4 Å². The summed E-state index contributed by atoms with van der Waals surface area (Å²) >= 11 is 0. The van der Waals surface area contributed by atoms with Crippen LogP contribution in [-0.4, -0.2) is 16.2 Å². The minimum atomic E-state index is -1.18. The van der Waals surface area contributed by atoms with E-state index in [1.807, 2.05) is 0 Å². The Kier molecular flexibility index (Phi) is 3.19. The van der Waals surface area contributed by atoms with Gasteiger partial charge in [-0.15, -0.1) is 0 Å². The predicted molar refractivity (Wildman–Crippen MR) is 48.6 cm³/mol. The van der Waals surface area contributed by atoms with E-state index in [2.05, 4.69) is 0 Å². The summed E-state index contributed by atoms with van der Waals surface area (Å²) in [5.41, 5.74) is 0.0204. The quantitative estimate of drug-likeness (QED) is 0.780. The van der Waals surface area contributed by atoms with Gasteiger partial charge >= 0.3 is 5.97 Å². The fourth-order valence-electron chi connectivity index (χ4n) is 1.15. The Labute approximate surface area is 80.8 Å². The van der Waals surface area contributed by atoms with Gasteiger partial charge in [-0.1, -0.05) is 13.0 Å². The van der Waals surface area contributed by atoms with Crippen LogP contribution >= 0.6 is 0 Å². The van der Waals surface area contributed by atoms with Crippen molar-refractivity contribution in [3.8, 4) is 0 Å². The van der Waals surface area contributed by atoms with E-state index in [9.17, 15) is 14.3 Å². The summed E-state index contributed by atoms with van der Waals surface area (Å²) < 4.78 is 13.2. The molecule has 0 heterocycles. The number of benzene rings is 1. The molecule has 0 amide bonds. The lowest BCUT2D eigenvalue weighted by atomic mass is 10.0. The van der Waals surface area contributed by atoms with Crippen LogP contribution in [0.1, 0.15) is 35.4 Å². The molecule has 0 bridgehead atoms. The highest BCUT2D eigenvalue weighted by Gasteiger charge is 2.13. The summed E-state index contributed by atoms with van der Waals surface area (Å²) in [5.74, 6) is -1.86. The van der Waals surface area contributed by atoms with E-state index in [0.717, 1.165) is 6.07 Å². The molecule has 0 aromatic heterocycles. The maximum atomic E-state index is 13.2. The highest BCUT2D eigenvalue weighted by Crippen LogP contribution is 2.20. The zero-order valence-corrected chi connectivity index (χ0v) is 7.70. The molecule has 1 atom stereocenters. The standard InChI is InChI=1S/C10H11FO3/c1-2-9(12)7-4-3-6(10(13)14)5-8(7)11/h3-5,9,12H,2H2,1H3,(H,13,14). The highest BCUT2D eigenvalue weighted by atomic mass is 19.1. The summed E-state index contributed by atoms with van der Waals surface area (Å²) in [6.45, 7) is 1.72. The lowest BCUT2D eigenvalue weighted by molar-refractivity contribution is 0.0696. The summed E-state index contributed by atoms with van der Waals surface area (Å²) in [6.07, 6.45) is -0.485. The summed E-state index contributed by atoms with van der Waals surface area (Å²) in [5, 5.41) is 17.9. The second kappa shape index (κ2) is 4.19. The second-order valence-corrected chi connectivity index (χ2v) is 2.97. The van der Waals surface area contributed by atoms with E-state index < -0.39 is 17.9 Å². The van der Waals surface area contributed by atoms with Crippen molar-refractivity contribution in [3.05, 3.63) is 35.1 Å². The van der Waals surface area contributed by atoms with Crippen LogP contribution in [0.4, 0.5) is 4.39 Å². The molecule has 1 rings (SSSR count). The third-order valence-corrected chi connectivity index (χ3v) is 1.99. The van der Waals surface area contributed by atoms with E-state index in [0.29, 0.717) is 6.42 Å². The van der Waals surface area contributed by atoms with Gasteiger partial charge < -0.3 is 10.2 Å². The Hall–Kier alpha value is -1.42. The largest absolute Gasteiger partial charge is 0.478 e. The van der Waals surface area contributed by atoms with E-state index in [4.69, 9.17) is 5.11 Å². The van der Waals surface area contributed by atoms with Gasteiger partial charge in [-0.05, 0) is 18.6 Å². The molecule has 0 spiro atoms. The van der Waals surface area contributed by atoms with Crippen LogP contribution in [0.3, 0.4) is 0 Å². The van der Waals surface area contributed by atoms with E-state index in [1.165, 1.54) is 12.1 Å². The Bertz CT molecular complexity index is 349. The van der Waals surface area contributed by atoms with Crippen LogP contribution in [-0.2, 0) is 0 Å². The van der Waals surface area contributed by atoms with Crippen LogP contribution in [0.5, 0.6) is 0 Å². The first-order valence-corrected chi connectivity index (χ1v) is 4.27. The third kappa shape index (κ3) is 2.09. The first-order chi connectivity index (χ1) is 6.56. The smallest absolute Gasteiger partial charge is 0.335 e. The van der Waals surface area contributed by atoms with Gasteiger partial charge in [0, 0.05) is 5.56 Å². The number of aromatic carboxylic acids is 1. The molecule has 0 aliphatic heterocycles. The first-order valence-electron chi connectivity index (χ1n) is 4.27. The van der Waals surface area contributed by atoms with Crippen LogP contribution in [0.15, 0.2) is 18.2 Å². The number of halogens is 1. The molecule has 0 radical (unpaired) electrons. The fourth-order valence-corrected chi connectivity index (χ4v) is 1.15. The lowest BCUT2D eigenvalue weighted by Crippen LogP contribution is -2.03. The van der Waals surface area contributed by atoms with Gasteiger partial charge in [-0.3, -0.25) is 0 Å². The van der Waals surface area contributed by atoms with Gasteiger partial charge in [0.25, 0.3) is 0 Å². The molecule has 0 saturated heterocycles. The van der Waals surface area contributed by atoms with Crippen molar-refractivity contribution in [1.82, 2.24) is 0 Å². The molecular formula is C10H11FO3. The zero-order valence-electron chi connectivity index (χ0n) is 7.70. The van der Waals surface area contributed by atoms with Crippen molar-refractivity contribution in [2.24, 2.45) is 0 Å². The van der Waals surface area contributed by atoms with Crippen LogP contribution in [0.25, 0.3) is 0 Å². The minimum absolute atomic E-state index is 0.116. The number of carbonyl (C=O) groups is 1. The normalized spacial score (nSPS) is 12.5.